The third-order valence-corrected chi connectivity index (χ3v) is 10.0. The quantitative estimate of drug-likeness (QED) is 0.0801. The number of fused-ring (bicyclic) bond motifs is 2. The van der Waals surface area contributed by atoms with Gasteiger partial charge in [0.2, 0.25) is 0 Å². The van der Waals surface area contributed by atoms with Crippen LogP contribution in [0.3, 0.4) is 0 Å². The van der Waals surface area contributed by atoms with Gasteiger partial charge in [-0.05, 0) is 43.0 Å². The first-order valence-electron chi connectivity index (χ1n) is 16.9. The predicted octanol–water partition coefficient (Wildman–Crippen LogP) is 12.9. The van der Waals surface area contributed by atoms with Gasteiger partial charge in [-0.25, -0.2) is 0 Å². The monoisotopic (exact) mass is 598 g/mol. The Morgan fingerprint density at radius 1 is 0.683 bits per heavy atom. The lowest BCUT2D eigenvalue weighted by Gasteiger charge is -2.19. The zero-order valence-electron chi connectivity index (χ0n) is 26.0. The van der Waals surface area contributed by atoms with E-state index in [0.717, 1.165) is 27.1 Å². The van der Waals surface area contributed by atoms with E-state index in [1.165, 1.54) is 128 Å². The summed E-state index contributed by atoms with van der Waals surface area (Å²) in [5.41, 5.74) is 0.00523. The van der Waals surface area contributed by atoms with Crippen molar-refractivity contribution in [1.29, 1.82) is 0 Å². The molecule has 0 N–H and O–H groups in total. The van der Waals surface area contributed by atoms with Crippen molar-refractivity contribution in [2.75, 3.05) is 6.61 Å². The molecular formula is C37H55ClO2S. The summed E-state index contributed by atoms with van der Waals surface area (Å²) in [6, 6.07) is 11.6. The summed E-state index contributed by atoms with van der Waals surface area (Å²) >= 11 is 8.15. The average molecular weight is 599 g/mol. The molecule has 3 aromatic rings. The van der Waals surface area contributed by atoms with Gasteiger partial charge < -0.3 is 4.74 Å². The summed E-state index contributed by atoms with van der Waals surface area (Å²) in [5.74, 6) is 1.37. The number of benzene rings is 2. The molecule has 1 heterocycles. The van der Waals surface area contributed by atoms with E-state index in [-0.39, 0.29) is 5.43 Å². The van der Waals surface area contributed by atoms with E-state index in [0.29, 0.717) is 16.3 Å². The third-order valence-electron chi connectivity index (χ3n) is 8.55. The second-order valence-electron chi connectivity index (χ2n) is 12.1. The maximum atomic E-state index is 13.3. The van der Waals surface area contributed by atoms with Crippen molar-refractivity contribution in [3.05, 3.63) is 51.6 Å². The van der Waals surface area contributed by atoms with Gasteiger partial charge in [0.15, 0.2) is 5.43 Å². The van der Waals surface area contributed by atoms with E-state index in [1.807, 2.05) is 36.4 Å². The molecule has 41 heavy (non-hydrogen) atoms. The summed E-state index contributed by atoms with van der Waals surface area (Å²) in [6.07, 6.45) is 27.0. The fourth-order valence-corrected chi connectivity index (χ4v) is 7.43. The van der Waals surface area contributed by atoms with Crippen LogP contribution in [0.2, 0.25) is 5.02 Å². The highest BCUT2D eigenvalue weighted by molar-refractivity contribution is 7.25. The first-order valence-corrected chi connectivity index (χ1v) is 18.1. The highest BCUT2D eigenvalue weighted by atomic mass is 35.5. The van der Waals surface area contributed by atoms with Crippen LogP contribution in [0.25, 0.3) is 20.2 Å². The van der Waals surface area contributed by atoms with Crippen LogP contribution < -0.4 is 10.2 Å². The third kappa shape index (κ3) is 11.9. The van der Waals surface area contributed by atoms with Crippen LogP contribution >= 0.6 is 22.9 Å². The first kappa shape index (κ1) is 33.9. The molecule has 0 amide bonds. The highest BCUT2D eigenvalue weighted by Crippen LogP contribution is 2.36. The Hall–Kier alpha value is -1.58. The molecule has 0 saturated carbocycles. The van der Waals surface area contributed by atoms with E-state index in [9.17, 15) is 4.79 Å². The van der Waals surface area contributed by atoms with Crippen LogP contribution in [-0.4, -0.2) is 6.61 Å². The summed E-state index contributed by atoms with van der Waals surface area (Å²) in [5, 5.41) is 1.85. The van der Waals surface area contributed by atoms with Gasteiger partial charge in [-0.1, -0.05) is 153 Å². The van der Waals surface area contributed by atoms with Crippen LogP contribution in [0.15, 0.2) is 41.2 Å². The number of ether oxygens (including phenoxy) is 1. The number of halogens is 1. The van der Waals surface area contributed by atoms with Crippen molar-refractivity contribution >= 4 is 43.1 Å². The van der Waals surface area contributed by atoms with E-state index in [1.54, 1.807) is 11.3 Å². The number of hydrogen-bond acceptors (Lipinski definition) is 3. The zero-order valence-corrected chi connectivity index (χ0v) is 27.6. The summed E-state index contributed by atoms with van der Waals surface area (Å²) in [6.45, 7) is 5.29. The summed E-state index contributed by atoms with van der Waals surface area (Å²) < 4.78 is 8.38. The van der Waals surface area contributed by atoms with E-state index in [2.05, 4.69) is 13.8 Å². The van der Waals surface area contributed by atoms with Gasteiger partial charge in [-0.3, -0.25) is 4.79 Å². The predicted molar refractivity (Wildman–Crippen MR) is 183 cm³/mol. The number of hydrogen-bond donors (Lipinski definition) is 0. The van der Waals surface area contributed by atoms with Gasteiger partial charge in [-0.15, -0.1) is 11.3 Å². The lowest BCUT2D eigenvalue weighted by molar-refractivity contribution is 0.226. The normalized spacial score (nSPS) is 12.4. The Morgan fingerprint density at radius 3 is 1.76 bits per heavy atom. The molecule has 0 aliphatic heterocycles. The van der Waals surface area contributed by atoms with Crippen molar-refractivity contribution in [3.8, 4) is 5.75 Å². The fraction of sp³-hybridized carbons (Fsp3) is 0.649. The van der Waals surface area contributed by atoms with Crippen molar-refractivity contribution in [2.45, 2.75) is 142 Å². The minimum absolute atomic E-state index is 0.00523. The van der Waals surface area contributed by atoms with Gasteiger partial charge >= 0.3 is 0 Å². The Balaban J connectivity index is 1.54. The van der Waals surface area contributed by atoms with Crippen LogP contribution in [0.1, 0.15) is 142 Å². The molecule has 0 radical (unpaired) electrons. The minimum Gasteiger partial charge on any atom is -0.492 e. The topological polar surface area (TPSA) is 26.3 Å². The second-order valence-corrected chi connectivity index (χ2v) is 13.5. The second kappa shape index (κ2) is 20.3. The molecule has 0 aliphatic rings. The molecule has 228 valence electrons. The molecule has 1 unspecified atom stereocenters. The SMILES string of the molecule is CCCCCCCCCCCCC(CCCCCCCCCC)COc1ccc(Cl)c2c(=O)c3ccccc3sc12. The fourth-order valence-electron chi connectivity index (χ4n) is 5.96. The van der Waals surface area contributed by atoms with Crippen LogP contribution in [0.4, 0.5) is 0 Å². The smallest absolute Gasteiger partial charge is 0.197 e. The average Bonchev–Trinajstić information content (AvgIpc) is 2.98. The molecule has 0 spiro atoms. The zero-order chi connectivity index (χ0) is 29.1. The van der Waals surface area contributed by atoms with Crippen molar-refractivity contribution < 1.29 is 4.74 Å². The standard InChI is InChI=1S/C37H55ClO2S/c1-3-5-7-9-11-13-14-16-18-20-24-30(23-19-17-15-12-10-8-6-4-2)29-40-33-28-27-32(38)35-36(39)31-25-21-22-26-34(31)41-37(33)35/h21-22,25-28,30H,3-20,23-24,29H2,1-2H3. The van der Waals surface area contributed by atoms with Gasteiger partial charge in [0.25, 0.3) is 0 Å². The molecule has 4 heteroatoms. The lowest BCUT2D eigenvalue weighted by atomic mass is 9.94. The Kier molecular flexibility index (Phi) is 16.8. The highest BCUT2D eigenvalue weighted by Gasteiger charge is 2.16. The maximum absolute atomic E-state index is 13.3. The van der Waals surface area contributed by atoms with E-state index < -0.39 is 0 Å². The van der Waals surface area contributed by atoms with Crippen LogP contribution in [0, 0.1) is 5.92 Å². The lowest BCUT2D eigenvalue weighted by Crippen LogP contribution is -2.13. The summed E-state index contributed by atoms with van der Waals surface area (Å²) in [7, 11) is 0. The van der Waals surface area contributed by atoms with E-state index >= 15 is 0 Å². The van der Waals surface area contributed by atoms with Gasteiger partial charge in [0.1, 0.15) is 5.75 Å². The Labute approximate surface area is 259 Å². The molecule has 0 aliphatic carbocycles. The molecule has 2 nitrogen and oxygen atoms in total. The van der Waals surface area contributed by atoms with Crippen molar-refractivity contribution in [3.63, 3.8) is 0 Å². The Bertz CT molecular complexity index is 1190. The first-order chi connectivity index (χ1) is 20.2. The molecule has 2 aromatic carbocycles. The van der Waals surface area contributed by atoms with Crippen LogP contribution in [-0.2, 0) is 0 Å². The molecule has 0 fully saturated rings. The maximum Gasteiger partial charge on any atom is 0.197 e. The molecular weight excluding hydrogens is 544 g/mol. The van der Waals surface area contributed by atoms with Crippen molar-refractivity contribution in [2.24, 2.45) is 5.92 Å². The summed E-state index contributed by atoms with van der Waals surface area (Å²) in [4.78, 5) is 13.3. The van der Waals surface area contributed by atoms with Gasteiger partial charge in [0.05, 0.1) is 21.7 Å². The number of unbranched alkanes of at least 4 members (excludes halogenated alkanes) is 16. The van der Waals surface area contributed by atoms with Crippen molar-refractivity contribution in [1.82, 2.24) is 0 Å². The van der Waals surface area contributed by atoms with Gasteiger partial charge in [0, 0.05) is 10.1 Å². The minimum atomic E-state index is 0.00523. The van der Waals surface area contributed by atoms with E-state index in [4.69, 9.17) is 16.3 Å². The molecule has 1 aromatic heterocycles. The van der Waals surface area contributed by atoms with Gasteiger partial charge in [-0.2, -0.15) is 0 Å². The largest absolute Gasteiger partial charge is 0.492 e. The van der Waals surface area contributed by atoms with Crippen LogP contribution in [0.5, 0.6) is 5.75 Å². The molecule has 0 bridgehead atoms. The molecule has 3 rings (SSSR count). The molecule has 1 atom stereocenters. The molecule has 0 saturated heterocycles. The number of rotatable bonds is 23. The Morgan fingerprint density at radius 2 is 1.20 bits per heavy atom.